The van der Waals surface area contributed by atoms with Gasteiger partial charge in [0.15, 0.2) is 0 Å². The van der Waals surface area contributed by atoms with Crippen LogP contribution in [-0.2, 0) is 6.42 Å². The van der Waals surface area contributed by atoms with Crippen molar-refractivity contribution >= 4 is 27.3 Å². The van der Waals surface area contributed by atoms with Gasteiger partial charge < -0.3 is 5.11 Å². The molecule has 1 aromatic heterocycles. The fraction of sp³-hybridized carbons (Fsp3) is 0.714. The molecule has 0 aliphatic carbocycles. The van der Waals surface area contributed by atoms with Crippen molar-refractivity contribution < 1.29 is 5.11 Å². The van der Waals surface area contributed by atoms with E-state index < -0.39 is 5.60 Å². The lowest BCUT2D eigenvalue weighted by molar-refractivity contribution is 0.00143. The Morgan fingerprint density at radius 1 is 1.24 bits per heavy atom. The molecule has 0 aliphatic heterocycles. The Balaban J connectivity index is 2.75. The molecule has 0 aliphatic rings. The van der Waals surface area contributed by atoms with E-state index in [1.54, 1.807) is 11.3 Å². The van der Waals surface area contributed by atoms with Crippen LogP contribution in [0.2, 0.25) is 0 Å². The number of halogens is 1. The normalized spacial score (nSPS) is 12.7. The zero-order chi connectivity index (χ0) is 13.1. The second kappa shape index (κ2) is 6.35. The minimum absolute atomic E-state index is 0.530. The summed E-state index contributed by atoms with van der Waals surface area (Å²) in [6, 6.07) is 2.12. The van der Waals surface area contributed by atoms with Crippen molar-refractivity contribution in [3.05, 3.63) is 20.8 Å². The van der Waals surface area contributed by atoms with Crippen LogP contribution >= 0.6 is 27.3 Å². The molecule has 1 nitrogen and oxygen atoms in total. The second-order valence-electron chi connectivity index (χ2n) is 5.83. The molecule has 98 valence electrons. The smallest absolute Gasteiger partial charge is 0.0700 e. The molecule has 0 unspecified atom stereocenters. The summed E-state index contributed by atoms with van der Waals surface area (Å²) in [4.78, 5) is 1.26. The molecule has 0 amide bonds. The van der Waals surface area contributed by atoms with Gasteiger partial charge in [-0.1, -0.05) is 27.7 Å². The summed E-state index contributed by atoms with van der Waals surface area (Å²) in [5.41, 5.74) is -0.549. The maximum absolute atomic E-state index is 10.8. The third-order valence-electron chi connectivity index (χ3n) is 2.70. The minimum Gasteiger partial charge on any atom is -0.389 e. The van der Waals surface area contributed by atoms with Crippen molar-refractivity contribution in [2.75, 3.05) is 0 Å². The van der Waals surface area contributed by atoms with Gasteiger partial charge in [0.25, 0.3) is 0 Å². The SMILES string of the molecule is CC(C)CC(O)(Cc1cc(Br)cs1)CC(C)C. The fourth-order valence-corrected chi connectivity index (χ4v) is 4.11. The summed E-state index contributed by atoms with van der Waals surface area (Å²) in [5.74, 6) is 1.06. The quantitative estimate of drug-likeness (QED) is 0.792. The molecule has 0 atom stereocenters. The van der Waals surface area contributed by atoms with Crippen LogP contribution in [0.25, 0.3) is 0 Å². The summed E-state index contributed by atoms with van der Waals surface area (Å²) < 4.78 is 1.12. The van der Waals surface area contributed by atoms with E-state index in [0.29, 0.717) is 11.8 Å². The van der Waals surface area contributed by atoms with Crippen molar-refractivity contribution in [2.24, 2.45) is 11.8 Å². The van der Waals surface area contributed by atoms with E-state index in [1.165, 1.54) is 4.88 Å². The summed E-state index contributed by atoms with van der Waals surface area (Å²) in [6.07, 6.45) is 2.53. The Hall–Kier alpha value is 0.140. The molecular formula is C14H23BrOS. The Bertz CT molecular complexity index is 334. The molecule has 17 heavy (non-hydrogen) atoms. The molecule has 1 N–H and O–H groups in total. The zero-order valence-corrected chi connectivity index (χ0v) is 13.6. The monoisotopic (exact) mass is 318 g/mol. The lowest BCUT2D eigenvalue weighted by Gasteiger charge is -2.31. The Morgan fingerprint density at radius 3 is 2.12 bits per heavy atom. The highest BCUT2D eigenvalue weighted by Crippen LogP contribution is 2.31. The number of rotatable bonds is 6. The molecule has 0 saturated heterocycles. The first kappa shape index (κ1) is 15.2. The molecule has 1 rings (SSSR count). The van der Waals surface area contributed by atoms with E-state index in [4.69, 9.17) is 0 Å². The van der Waals surface area contributed by atoms with Gasteiger partial charge in [0.2, 0.25) is 0 Å². The van der Waals surface area contributed by atoms with Crippen LogP contribution in [0.15, 0.2) is 15.9 Å². The first-order valence-corrected chi connectivity index (χ1v) is 7.93. The molecule has 1 aromatic rings. The summed E-state index contributed by atoms with van der Waals surface area (Å²) in [5, 5.41) is 12.9. The molecule has 3 heteroatoms. The van der Waals surface area contributed by atoms with Crippen molar-refractivity contribution in [1.29, 1.82) is 0 Å². The van der Waals surface area contributed by atoms with Gasteiger partial charge in [-0.25, -0.2) is 0 Å². The second-order valence-corrected chi connectivity index (χ2v) is 7.74. The number of aliphatic hydroxyl groups is 1. The van der Waals surface area contributed by atoms with Crippen molar-refractivity contribution in [3.8, 4) is 0 Å². The fourth-order valence-electron chi connectivity index (χ4n) is 2.52. The summed E-state index contributed by atoms with van der Waals surface area (Å²) in [7, 11) is 0. The van der Waals surface area contributed by atoms with E-state index in [9.17, 15) is 5.11 Å². The lowest BCUT2D eigenvalue weighted by atomic mass is 9.82. The first-order valence-electron chi connectivity index (χ1n) is 6.26. The van der Waals surface area contributed by atoms with E-state index >= 15 is 0 Å². The van der Waals surface area contributed by atoms with Gasteiger partial charge in [-0.05, 0) is 46.7 Å². The maximum Gasteiger partial charge on any atom is 0.0700 e. The van der Waals surface area contributed by atoms with Gasteiger partial charge in [-0.3, -0.25) is 0 Å². The van der Waals surface area contributed by atoms with Gasteiger partial charge in [-0.15, -0.1) is 11.3 Å². The van der Waals surface area contributed by atoms with Gasteiger partial charge in [0, 0.05) is 21.2 Å². The molecule has 0 bridgehead atoms. The molecule has 1 heterocycles. The highest BCUT2D eigenvalue weighted by atomic mass is 79.9. The van der Waals surface area contributed by atoms with Gasteiger partial charge in [0.05, 0.1) is 5.60 Å². The topological polar surface area (TPSA) is 20.2 Å². The summed E-state index contributed by atoms with van der Waals surface area (Å²) >= 11 is 5.19. The van der Waals surface area contributed by atoms with E-state index in [2.05, 4.69) is 55.1 Å². The standard InChI is InChI=1S/C14H23BrOS/c1-10(2)6-14(16,7-11(3)4)8-13-5-12(15)9-17-13/h5,9-11,16H,6-8H2,1-4H3. The van der Waals surface area contributed by atoms with Gasteiger partial charge in [0.1, 0.15) is 0 Å². The molecule has 0 spiro atoms. The van der Waals surface area contributed by atoms with Crippen molar-refractivity contribution in [2.45, 2.75) is 52.6 Å². The lowest BCUT2D eigenvalue weighted by Crippen LogP contribution is -2.34. The molecule has 0 fully saturated rings. The molecule has 0 aromatic carbocycles. The van der Waals surface area contributed by atoms with Crippen molar-refractivity contribution in [3.63, 3.8) is 0 Å². The van der Waals surface area contributed by atoms with Crippen LogP contribution in [0.3, 0.4) is 0 Å². The molecule has 0 radical (unpaired) electrons. The van der Waals surface area contributed by atoms with E-state index in [1.807, 2.05) is 0 Å². The number of hydrogen-bond donors (Lipinski definition) is 1. The zero-order valence-electron chi connectivity index (χ0n) is 11.2. The Kier molecular flexibility index (Phi) is 5.68. The van der Waals surface area contributed by atoms with Crippen LogP contribution in [-0.4, -0.2) is 10.7 Å². The van der Waals surface area contributed by atoms with Crippen LogP contribution in [0.4, 0.5) is 0 Å². The van der Waals surface area contributed by atoms with Gasteiger partial charge >= 0.3 is 0 Å². The van der Waals surface area contributed by atoms with Crippen LogP contribution in [0.1, 0.15) is 45.4 Å². The van der Waals surface area contributed by atoms with Crippen molar-refractivity contribution in [1.82, 2.24) is 0 Å². The molecule has 0 saturated carbocycles. The third kappa shape index (κ3) is 5.54. The van der Waals surface area contributed by atoms with Crippen LogP contribution in [0.5, 0.6) is 0 Å². The summed E-state index contributed by atoms with van der Waals surface area (Å²) in [6.45, 7) is 8.70. The average Bonchev–Trinajstić information content (AvgIpc) is 2.46. The average molecular weight is 319 g/mol. The first-order chi connectivity index (χ1) is 7.81. The van der Waals surface area contributed by atoms with E-state index in [-0.39, 0.29) is 0 Å². The molecular weight excluding hydrogens is 296 g/mol. The van der Waals surface area contributed by atoms with Crippen LogP contribution < -0.4 is 0 Å². The maximum atomic E-state index is 10.8. The Labute approximate surface area is 117 Å². The predicted octanol–water partition coefficient (Wildman–Crippen LogP) is 4.88. The highest BCUT2D eigenvalue weighted by molar-refractivity contribution is 9.10. The number of hydrogen-bond acceptors (Lipinski definition) is 2. The number of thiophene rings is 1. The third-order valence-corrected chi connectivity index (χ3v) is 4.40. The largest absolute Gasteiger partial charge is 0.389 e. The Morgan fingerprint density at radius 2 is 1.76 bits per heavy atom. The van der Waals surface area contributed by atoms with Gasteiger partial charge in [-0.2, -0.15) is 0 Å². The predicted molar refractivity (Wildman–Crippen MR) is 79.6 cm³/mol. The highest BCUT2D eigenvalue weighted by Gasteiger charge is 2.29. The van der Waals surface area contributed by atoms with Crippen LogP contribution in [0, 0.1) is 11.8 Å². The van der Waals surface area contributed by atoms with E-state index in [0.717, 1.165) is 23.7 Å². The minimum atomic E-state index is -0.549.